The van der Waals surface area contributed by atoms with Crippen molar-refractivity contribution in [3.8, 4) is 6.07 Å². The van der Waals surface area contributed by atoms with Gasteiger partial charge in [-0.1, -0.05) is 435 Å². The average Bonchev–Trinajstić information content (AvgIpc) is 1.48. The molecule has 0 saturated carbocycles. The molecule has 130 heavy (non-hydrogen) atoms. The number of alkyl halides is 1. The summed E-state index contributed by atoms with van der Waals surface area (Å²) in [6.07, 6.45) is 78.3. The van der Waals surface area contributed by atoms with E-state index in [2.05, 4.69) is 32.5 Å². The summed E-state index contributed by atoms with van der Waals surface area (Å²) in [5.41, 5.74) is 2.42. The molecule has 1 atom stereocenters. The number of nitriles is 1. The lowest BCUT2D eigenvalue weighted by atomic mass is 10.0. The Labute approximate surface area is 806 Å². The number of aromatic nitrogens is 2. The van der Waals surface area contributed by atoms with E-state index in [4.69, 9.17) is 72.8 Å². The van der Waals surface area contributed by atoms with Crippen LogP contribution in [-0.2, 0) is 44.6 Å². The van der Waals surface area contributed by atoms with Gasteiger partial charge in [0.1, 0.15) is 0 Å². The molecule has 4 aliphatic rings. The van der Waals surface area contributed by atoms with Gasteiger partial charge in [0.05, 0.1) is 71.9 Å². The van der Waals surface area contributed by atoms with Crippen molar-refractivity contribution >= 4 is 141 Å². The standard InChI is InChI=1S/C79H120ClN6O6S3.C26H40N2O2S.BCl3/c1-4-7-10-13-16-19-22-25-28-31-34-37-40-43-46-49-58-93(87,88)64-52-55-67-70(61-64)76-81-74-68-56-53-65(94(89,90)59-50-47-44-41-38-35-32-29-26-23-20-17-14-11-8-5-2)62-71(68)78-83-75-69-57-54-66(63-72(69)77-82-73(67)84(76)79(80,85(74)78)86(75)77)95(91,92)60-51-48-45-42-39-36-33-30-27-24-21-18-15-12-9-6-3;1-3-4-5-6-7-8-9-10-11-12-13-14-15-16-17-18-21-31(29,30)25-19-20-26(28-2)24(22-25)23-27;2-1(3)4/h52-57,61-63H,4-51,58-60H2,1-3H3;19-20,22H,3-18,21H2,1H3;/q+1;;. The first-order valence-electron chi connectivity index (χ1n) is 51.7. The van der Waals surface area contributed by atoms with Crippen molar-refractivity contribution in [3.05, 3.63) is 112 Å². The Morgan fingerprint density at radius 2 is 0.608 bits per heavy atom. The fraction of sp³-hybridized carbons (Fsp3) is 0.695. The molecular weight excluding hydrogens is 1780 g/mol. The summed E-state index contributed by atoms with van der Waals surface area (Å²) in [6, 6.07) is 21.7. The lowest BCUT2D eigenvalue weighted by Crippen LogP contribution is -2.60. The quantitative estimate of drug-likeness (QED) is 0.00885. The zero-order chi connectivity index (χ0) is 93.3. The van der Waals surface area contributed by atoms with Crippen molar-refractivity contribution in [1.29, 1.82) is 5.26 Å². The summed E-state index contributed by atoms with van der Waals surface area (Å²) in [6.45, 7) is 16.1. The number of hydrogen-bond acceptors (Lipinski definition) is 12. The lowest BCUT2D eigenvalue weighted by Gasteiger charge is -2.36. The molecule has 0 bridgehead atoms. The number of amidine groups is 2. The van der Waals surface area contributed by atoms with E-state index < -0.39 is 49.6 Å². The highest BCUT2D eigenvalue weighted by molar-refractivity contribution is 7.92. The molecule has 0 radical (unpaired) electrons. The van der Waals surface area contributed by atoms with E-state index in [1.165, 1.54) is 333 Å². The van der Waals surface area contributed by atoms with Gasteiger partial charge in [-0.25, -0.2) is 52.6 Å². The van der Waals surface area contributed by atoms with Gasteiger partial charge in [0.15, 0.2) is 50.7 Å². The maximum absolute atomic E-state index is 14.3. The summed E-state index contributed by atoms with van der Waals surface area (Å²) < 4.78 is 116. The van der Waals surface area contributed by atoms with Crippen LogP contribution in [0.4, 0.5) is 17.3 Å². The predicted molar refractivity (Wildman–Crippen MR) is 549 cm³/mol. The molecule has 6 heterocycles. The molecule has 0 aliphatic carbocycles. The molecule has 722 valence electrons. The van der Waals surface area contributed by atoms with E-state index >= 15 is 0 Å². The van der Waals surface area contributed by atoms with Gasteiger partial charge in [0.25, 0.3) is 11.7 Å². The maximum atomic E-state index is 14.3. The number of benzene rings is 4. The molecule has 6 aromatic rings. The first-order valence-corrected chi connectivity index (χ1v) is 60.0. The van der Waals surface area contributed by atoms with E-state index in [1.54, 1.807) is 36.4 Å². The van der Waals surface area contributed by atoms with Crippen LogP contribution >= 0.6 is 46.0 Å². The van der Waals surface area contributed by atoms with Crippen LogP contribution in [0.2, 0.25) is 0 Å². The van der Waals surface area contributed by atoms with Crippen molar-refractivity contribution in [3.63, 3.8) is 0 Å². The van der Waals surface area contributed by atoms with Crippen LogP contribution in [-0.4, -0.2) is 87.0 Å². The molecule has 25 heteroatoms. The van der Waals surface area contributed by atoms with Gasteiger partial charge in [-0.3, -0.25) is 0 Å². The largest absolute Gasteiger partial charge is 0.450 e. The molecule has 0 amide bonds. The maximum Gasteiger partial charge on any atom is 0.450 e. The van der Waals surface area contributed by atoms with Gasteiger partial charge >= 0.3 is 10.2 Å². The van der Waals surface area contributed by atoms with Crippen LogP contribution in [0.5, 0.6) is 0 Å². The monoisotopic (exact) mass is 1940 g/mol. The molecule has 16 nitrogen and oxygen atoms in total. The fourth-order valence-electron chi connectivity index (χ4n) is 19.1. The molecular formula is C105H160BCl4N8O8S4+. The molecule has 4 aromatic carbocycles. The zero-order valence-corrected chi connectivity index (χ0v) is 86.4. The molecule has 0 spiro atoms. The van der Waals surface area contributed by atoms with Gasteiger partial charge in [0.2, 0.25) is 17.0 Å². The number of unbranched alkanes of at least 4 members (excludes halogenated alkanes) is 60. The number of rotatable bonds is 72. The number of nitrogens with zero attached hydrogens (tertiary/aromatic N) is 8. The van der Waals surface area contributed by atoms with Crippen molar-refractivity contribution in [2.45, 2.75) is 463 Å². The summed E-state index contributed by atoms with van der Waals surface area (Å²) in [7, 11) is -14.5. The Balaban J connectivity index is 0.000000499. The van der Waals surface area contributed by atoms with Crippen LogP contribution in [0.3, 0.4) is 0 Å². The van der Waals surface area contributed by atoms with Gasteiger partial charge in [-0.05, 0) is 97.9 Å². The average molecular weight is 1940 g/mol. The molecule has 10 rings (SSSR count). The predicted octanol–water partition coefficient (Wildman–Crippen LogP) is 31.7. The number of hydrogen-bond donors (Lipinski definition) is 0. The van der Waals surface area contributed by atoms with E-state index in [-0.39, 0.29) is 53.8 Å². The van der Waals surface area contributed by atoms with Crippen LogP contribution in [0.25, 0.3) is 26.4 Å². The van der Waals surface area contributed by atoms with E-state index in [0.717, 1.165) is 70.6 Å². The van der Waals surface area contributed by atoms with Crippen LogP contribution < -0.4 is 11.0 Å². The first-order chi connectivity index (χ1) is 63.0. The Morgan fingerprint density at radius 3 is 0.931 bits per heavy atom. The number of aliphatic imine (C=N–C) groups is 1. The highest BCUT2D eigenvalue weighted by Crippen LogP contribution is 2.52. The Kier molecular flexibility index (Phi) is 51.3. The van der Waals surface area contributed by atoms with Gasteiger partial charge in [0, 0.05) is 21.5 Å². The Bertz CT molecular complexity index is 5190. The second-order valence-corrected chi connectivity index (χ2v) is 48.5. The smallest absolute Gasteiger partial charge is 0.237 e. The van der Waals surface area contributed by atoms with Crippen molar-refractivity contribution in [1.82, 2.24) is 9.13 Å². The zero-order valence-electron chi connectivity index (χ0n) is 80.1. The van der Waals surface area contributed by atoms with Crippen LogP contribution in [0.15, 0.2) is 107 Å². The van der Waals surface area contributed by atoms with Gasteiger partial charge in [-0.15, -0.1) is 0 Å². The molecule has 4 aliphatic heterocycles. The van der Waals surface area contributed by atoms with E-state index in [0.29, 0.717) is 92.6 Å². The highest BCUT2D eigenvalue weighted by atomic mass is 35.6. The topological polar surface area (TPSA) is 215 Å². The summed E-state index contributed by atoms with van der Waals surface area (Å²) in [4.78, 5) is 19.3. The Morgan fingerprint density at radius 1 is 0.338 bits per heavy atom. The SMILES string of the molecule is CCCCCCCCCCCCCCCCCCS(=O)(=O)c1ccc2c(c1)C1=Nc3c4ccc(S(=O)(=O)CCCCCCCCCCCCCCCCCC)cc4c4n3C3(Cl)n5c(c6cc(S(=O)(=O)CCCCCCCCCCCCCCCCCC)ccc6c5=N4)=NC2=[N+]13.ClB(Cl)Cl.[C-]#[N+]c1ccc(S(=O)(=O)CCCCCCCCCCCCCCCCCC)cc1C#N. The minimum Gasteiger partial charge on any atom is -0.237 e. The first kappa shape index (κ1) is 110. The summed E-state index contributed by atoms with van der Waals surface area (Å²) >= 11 is 22.8. The van der Waals surface area contributed by atoms with Gasteiger partial charge in [-0.2, -0.15) is 44.2 Å². The highest BCUT2D eigenvalue weighted by Gasteiger charge is 2.59. The third-order valence-corrected chi connectivity index (χ3v) is 34.6. The second kappa shape index (κ2) is 60.5. The molecule has 0 saturated heterocycles. The number of halogens is 4. The summed E-state index contributed by atoms with van der Waals surface area (Å²) in [5, 5.41) is 9.86. The van der Waals surface area contributed by atoms with E-state index in [1.807, 2.05) is 38.0 Å². The van der Waals surface area contributed by atoms with Gasteiger partial charge < -0.3 is 0 Å². The molecule has 1 unspecified atom stereocenters. The van der Waals surface area contributed by atoms with Crippen LogP contribution in [0, 0.1) is 17.9 Å². The normalized spacial score (nSPS) is 14.2. The number of sulfone groups is 4. The third kappa shape index (κ3) is 34.9. The van der Waals surface area contributed by atoms with E-state index in [9.17, 15) is 33.7 Å². The molecule has 0 fully saturated rings. The van der Waals surface area contributed by atoms with Crippen molar-refractivity contribution < 1.29 is 38.2 Å². The minimum atomic E-state index is -3.70. The molecule has 2 aromatic heterocycles. The molecule has 0 N–H and O–H groups in total. The minimum absolute atomic E-state index is 0.0371. The number of fused-ring (bicyclic) bond motifs is 9. The second-order valence-electron chi connectivity index (χ2n) is 37.6. The summed E-state index contributed by atoms with van der Waals surface area (Å²) in [5.74, 6) is 1.96. The Hall–Kier alpha value is -5.10. The lowest BCUT2D eigenvalue weighted by molar-refractivity contribution is -0.520. The third-order valence-electron chi connectivity index (χ3n) is 26.9. The fourth-order valence-corrected chi connectivity index (χ4v) is 25.2. The van der Waals surface area contributed by atoms with Crippen LogP contribution in [0.1, 0.15) is 455 Å². The van der Waals surface area contributed by atoms with Crippen molar-refractivity contribution in [2.24, 2.45) is 15.0 Å². The van der Waals surface area contributed by atoms with Crippen molar-refractivity contribution in [2.75, 3.05) is 23.0 Å².